The van der Waals surface area contributed by atoms with Gasteiger partial charge in [0, 0.05) is 12.1 Å². The molecule has 1 atom stereocenters. The Morgan fingerprint density at radius 2 is 1.79 bits per heavy atom. The average molecular weight is 255 g/mol. The molecule has 19 heavy (non-hydrogen) atoms. The molecule has 0 amide bonds. The van der Waals surface area contributed by atoms with Crippen molar-refractivity contribution in [1.82, 2.24) is 5.32 Å². The third-order valence-electron chi connectivity index (χ3n) is 3.19. The lowest BCUT2D eigenvalue weighted by Gasteiger charge is -2.25. The van der Waals surface area contributed by atoms with Crippen LogP contribution in [-0.2, 0) is 4.74 Å². The van der Waals surface area contributed by atoms with Crippen LogP contribution >= 0.6 is 0 Å². The number of morpholine rings is 1. The molecule has 0 saturated carbocycles. The molecule has 1 aliphatic rings. The molecule has 1 fully saturated rings. The van der Waals surface area contributed by atoms with Gasteiger partial charge in [0.15, 0.2) is 0 Å². The second kappa shape index (κ2) is 5.87. The van der Waals surface area contributed by atoms with E-state index in [1.54, 1.807) is 0 Å². The Morgan fingerprint density at radius 3 is 2.58 bits per heavy atom. The fourth-order valence-electron chi connectivity index (χ4n) is 2.24. The van der Waals surface area contributed by atoms with Gasteiger partial charge in [0.25, 0.3) is 0 Å². The molecule has 1 saturated heterocycles. The second-order valence-corrected chi connectivity index (χ2v) is 4.53. The third kappa shape index (κ3) is 2.95. The summed E-state index contributed by atoms with van der Waals surface area (Å²) < 4.78 is 11.5. The first-order chi connectivity index (χ1) is 9.43. The largest absolute Gasteiger partial charge is 0.457 e. The van der Waals surface area contributed by atoms with E-state index in [1.165, 1.54) is 0 Å². The third-order valence-corrected chi connectivity index (χ3v) is 3.19. The Morgan fingerprint density at radius 1 is 1.00 bits per heavy atom. The van der Waals surface area contributed by atoms with E-state index in [0.717, 1.165) is 30.2 Å². The first kappa shape index (κ1) is 12.2. The summed E-state index contributed by atoms with van der Waals surface area (Å²) in [5.74, 6) is 1.74. The van der Waals surface area contributed by atoms with E-state index in [4.69, 9.17) is 9.47 Å². The number of hydrogen-bond acceptors (Lipinski definition) is 3. The van der Waals surface area contributed by atoms with Crippen molar-refractivity contribution in [2.75, 3.05) is 19.8 Å². The van der Waals surface area contributed by atoms with Crippen molar-refractivity contribution in [3.63, 3.8) is 0 Å². The fraction of sp³-hybridized carbons (Fsp3) is 0.250. The first-order valence-corrected chi connectivity index (χ1v) is 6.56. The second-order valence-electron chi connectivity index (χ2n) is 4.53. The normalized spacial score (nSPS) is 19.1. The average Bonchev–Trinajstić information content (AvgIpc) is 2.50. The number of nitrogens with one attached hydrogen (secondary N) is 1. The summed E-state index contributed by atoms with van der Waals surface area (Å²) in [5, 5.41) is 3.46. The molecule has 0 bridgehead atoms. The molecular formula is C16H17NO2. The van der Waals surface area contributed by atoms with E-state index < -0.39 is 0 Å². The van der Waals surface area contributed by atoms with E-state index in [1.807, 2.05) is 48.5 Å². The molecule has 1 N–H and O–H groups in total. The molecule has 1 aliphatic heterocycles. The van der Waals surface area contributed by atoms with Gasteiger partial charge in [-0.3, -0.25) is 0 Å². The van der Waals surface area contributed by atoms with E-state index >= 15 is 0 Å². The molecular weight excluding hydrogens is 238 g/mol. The van der Waals surface area contributed by atoms with Gasteiger partial charge in [-0.2, -0.15) is 0 Å². The molecule has 1 unspecified atom stereocenters. The molecule has 0 aromatic heterocycles. The summed E-state index contributed by atoms with van der Waals surface area (Å²) >= 11 is 0. The van der Waals surface area contributed by atoms with Crippen molar-refractivity contribution >= 4 is 0 Å². The quantitative estimate of drug-likeness (QED) is 0.914. The van der Waals surface area contributed by atoms with Gasteiger partial charge in [-0.25, -0.2) is 0 Å². The van der Waals surface area contributed by atoms with E-state index in [9.17, 15) is 0 Å². The number of hydrogen-bond donors (Lipinski definition) is 1. The van der Waals surface area contributed by atoms with E-state index in [-0.39, 0.29) is 6.04 Å². The van der Waals surface area contributed by atoms with Crippen LogP contribution in [0.2, 0.25) is 0 Å². The molecule has 3 rings (SSSR count). The molecule has 3 nitrogen and oxygen atoms in total. The van der Waals surface area contributed by atoms with Crippen molar-refractivity contribution in [2.24, 2.45) is 0 Å². The minimum Gasteiger partial charge on any atom is -0.457 e. The van der Waals surface area contributed by atoms with Crippen molar-refractivity contribution < 1.29 is 9.47 Å². The van der Waals surface area contributed by atoms with E-state index in [0.29, 0.717) is 6.61 Å². The van der Waals surface area contributed by atoms with Crippen LogP contribution in [0.3, 0.4) is 0 Å². The molecule has 1 heterocycles. The maximum Gasteiger partial charge on any atom is 0.132 e. The van der Waals surface area contributed by atoms with Crippen LogP contribution in [0, 0.1) is 0 Å². The highest BCUT2D eigenvalue weighted by molar-refractivity contribution is 5.39. The Kier molecular flexibility index (Phi) is 3.77. The van der Waals surface area contributed by atoms with Crippen molar-refractivity contribution in [3.05, 3.63) is 60.2 Å². The van der Waals surface area contributed by atoms with Gasteiger partial charge < -0.3 is 14.8 Å². The van der Waals surface area contributed by atoms with Gasteiger partial charge in [-0.1, -0.05) is 36.4 Å². The summed E-state index contributed by atoms with van der Waals surface area (Å²) in [6.45, 7) is 2.34. The van der Waals surface area contributed by atoms with Crippen LogP contribution in [0.15, 0.2) is 54.6 Å². The fourth-order valence-corrected chi connectivity index (χ4v) is 2.24. The summed E-state index contributed by atoms with van der Waals surface area (Å²) in [4.78, 5) is 0. The highest BCUT2D eigenvalue weighted by atomic mass is 16.5. The molecule has 0 radical (unpaired) electrons. The molecule has 2 aromatic rings. The molecule has 3 heteroatoms. The zero-order valence-electron chi connectivity index (χ0n) is 10.7. The summed E-state index contributed by atoms with van der Waals surface area (Å²) in [6, 6.07) is 18.2. The lowest BCUT2D eigenvalue weighted by Crippen LogP contribution is -2.34. The Hall–Kier alpha value is -1.84. The molecule has 0 aliphatic carbocycles. The first-order valence-electron chi connectivity index (χ1n) is 6.56. The van der Waals surface area contributed by atoms with Crippen molar-refractivity contribution in [1.29, 1.82) is 0 Å². The van der Waals surface area contributed by atoms with Crippen molar-refractivity contribution in [3.8, 4) is 11.5 Å². The summed E-state index contributed by atoms with van der Waals surface area (Å²) in [5.41, 5.74) is 1.14. The maximum absolute atomic E-state index is 5.97. The maximum atomic E-state index is 5.97. The molecule has 98 valence electrons. The number of para-hydroxylation sites is 2. The number of rotatable bonds is 3. The Bertz CT molecular complexity index is 521. The van der Waals surface area contributed by atoms with Gasteiger partial charge in [-0.05, 0) is 18.2 Å². The lowest BCUT2D eigenvalue weighted by molar-refractivity contribution is 0.0762. The van der Waals surface area contributed by atoms with Gasteiger partial charge in [0.1, 0.15) is 11.5 Å². The predicted octanol–water partition coefficient (Wildman–Crippen LogP) is 3.14. The SMILES string of the molecule is c1ccc(Oc2ccccc2C2COCCN2)cc1. The van der Waals surface area contributed by atoms with E-state index in [2.05, 4.69) is 11.4 Å². The molecule has 2 aromatic carbocycles. The summed E-state index contributed by atoms with van der Waals surface area (Å²) in [7, 11) is 0. The lowest BCUT2D eigenvalue weighted by atomic mass is 10.1. The van der Waals surface area contributed by atoms with Crippen LogP contribution in [0.5, 0.6) is 11.5 Å². The number of benzene rings is 2. The number of ether oxygens (including phenoxy) is 2. The summed E-state index contributed by atoms with van der Waals surface area (Å²) in [6.07, 6.45) is 0. The van der Waals surface area contributed by atoms with Crippen LogP contribution in [0.25, 0.3) is 0 Å². The molecule has 0 spiro atoms. The zero-order chi connectivity index (χ0) is 12.9. The minimum absolute atomic E-state index is 0.202. The predicted molar refractivity (Wildman–Crippen MR) is 74.5 cm³/mol. The minimum atomic E-state index is 0.202. The van der Waals surface area contributed by atoms with Gasteiger partial charge >= 0.3 is 0 Å². The van der Waals surface area contributed by atoms with Gasteiger partial charge in [0.05, 0.1) is 19.3 Å². The highest BCUT2D eigenvalue weighted by Crippen LogP contribution is 2.30. The van der Waals surface area contributed by atoms with Gasteiger partial charge in [0.2, 0.25) is 0 Å². The van der Waals surface area contributed by atoms with Gasteiger partial charge in [-0.15, -0.1) is 0 Å². The van der Waals surface area contributed by atoms with Crippen molar-refractivity contribution in [2.45, 2.75) is 6.04 Å². The van der Waals surface area contributed by atoms with Crippen LogP contribution in [0.1, 0.15) is 11.6 Å². The zero-order valence-corrected chi connectivity index (χ0v) is 10.7. The smallest absolute Gasteiger partial charge is 0.132 e. The van der Waals surface area contributed by atoms with Crippen LogP contribution in [-0.4, -0.2) is 19.8 Å². The van der Waals surface area contributed by atoms with Crippen LogP contribution in [0.4, 0.5) is 0 Å². The Labute approximate surface area is 113 Å². The highest BCUT2D eigenvalue weighted by Gasteiger charge is 2.18. The van der Waals surface area contributed by atoms with Crippen LogP contribution < -0.4 is 10.1 Å². The standard InChI is InChI=1S/C16H17NO2/c1-2-6-13(7-3-1)19-16-9-5-4-8-14(16)15-12-18-11-10-17-15/h1-9,15,17H,10-12H2. The topological polar surface area (TPSA) is 30.5 Å². The monoisotopic (exact) mass is 255 g/mol. The Balaban J connectivity index is 1.84.